The summed E-state index contributed by atoms with van der Waals surface area (Å²) in [6, 6.07) is 0. The number of aliphatic hydroxyl groups excluding tert-OH is 1. The molecule has 2 heteroatoms. The molecule has 0 heterocycles. The standard InChI is InChI=1S/C11H23O2/c1-10(2)9-13-8-6-11(3)5-4-7-12/h11-12H,4-9H2,1-3H3/t11-/m0/s1. The lowest BCUT2D eigenvalue weighted by Gasteiger charge is -2.11. The molecular formula is C11H23O2. The topological polar surface area (TPSA) is 29.5 Å². The summed E-state index contributed by atoms with van der Waals surface area (Å²) >= 11 is 0. The Morgan fingerprint density at radius 1 is 1.31 bits per heavy atom. The highest BCUT2D eigenvalue weighted by Gasteiger charge is 2.01. The zero-order valence-electron chi connectivity index (χ0n) is 9.18. The monoisotopic (exact) mass is 187 g/mol. The van der Waals surface area contributed by atoms with Crippen molar-refractivity contribution in [1.82, 2.24) is 0 Å². The maximum absolute atomic E-state index is 8.62. The molecule has 0 fully saturated rings. The molecule has 13 heavy (non-hydrogen) atoms. The molecule has 0 aliphatic carbocycles. The van der Waals surface area contributed by atoms with E-state index in [9.17, 15) is 0 Å². The average Bonchev–Trinajstić information content (AvgIpc) is 2.08. The van der Waals surface area contributed by atoms with Gasteiger partial charge in [0, 0.05) is 13.2 Å². The summed E-state index contributed by atoms with van der Waals surface area (Å²) in [5.74, 6) is 1.99. The van der Waals surface area contributed by atoms with Gasteiger partial charge in [-0.2, -0.15) is 0 Å². The fourth-order valence-corrected chi connectivity index (χ4v) is 1.14. The van der Waals surface area contributed by atoms with Crippen LogP contribution in [0.5, 0.6) is 0 Å². The third kappa shape index (κ3) is 9.84. The van der Waals surface area contributed by atoms with Crippen molar-refractivity contribution in [3.63, 3.8) is 0 Å². The van der Waals surface area contributed by atoms with Gasteiger partial charge in [-0.15, -0.1) is 0 Å². The first-order valence-corrected chi connectivity index (χ1v) is 5.14. The molecule has 0 rings (SSSR count). The molecule has 79 valence electrons. The Hall–Kier alpha value is -0.0800. The van der Waals surface area contributed by atoms with Crippen LogP contribution in [0.4, 0.5) is 0 Å². The maximum Gasteiger partial charge on any atom is 0.0523 e. The summed E-state index contributed by atoms with van der Waals surface area (Å²) in [6.07, 6.45) is 3.13. The first-order chi connectivity index (χ1) is 6.16. The van der Waals surface area contributed by atoms with Gasteiger partial charge in [-0.3, -0.25) is 0 Å². The third-order valence-corrected chi connectivity index (χ3v) is 2.00. The predicted octanol–water partition coefficient (Wildman–Crippen LogP) is 2.42. The molecule has 0 aromatic rings. The molecule has 0 bridgehead atoms. The van der Waals surface area contributed by atoms with Crippen molar-refractivity contribution in [2.24, 2.45) is 5.92 Å². The van der Waals surface area contributed by atoms with E-state index >= 15 is 0 Å². The largest absolute Gasteiger partial charge is 0.396 e. The number of rotatable bonds is 8. The van der Waals surface area contributed by atoms with E-state index in [2.05, 4.69) is 20.8 Å². The van der Waals surface area contributed by atoms with Crippen LogP contribution in [-0.2, 0) is 4.74 Å². The predicted molar refractivity (Wildman–Crippen MR) is 55.5 cm³/mol. The summed E-state index contributed by atoms with van der Waals surface area (Å²) in [7, 11) is 0. The van der Waals surface area contributed by atoms with E-state index in [4.69, 9.17) is 9.84 Å². The van der Waals surface area contributed by atoms with Gasteiger partial charge in [0.25, 0.3) is 0 Å². The van der Waals surface area contributed by atoms with E-state index in [0.717, 1.165) is 32.5 Å². The van der Waals surface area contributed by atoms with Crippen molar-refractivity contribution in [3.8, 4) is 0 Å². The normalized spacial score (nSPS) is 13.6. The Morgan fingerprint density at radius 3 is 2.54 bits per heavy atom. The van der Waals surface area contributed by atoms with Crippen LogP contribution < -0.4 is 0 Å². The fourth-order valence-electron chi connectivity index (χ4n) is 1.14. The van der Waals surface area contributed by atoms with Crippen LogP contribution in [0.15, 0.2) is 0 Å². The van der Waals surface area contributed by atoms with Crippen molar-refractivity contribution in [2.45, 2.75) is 40.0 Å². The first kappa shape index (κ1) is 12.9. The molecule has 1 radical (unpaired) electrons. The van der Waals surface area contributed by atoms with Crippen LogP contribution in [-0.4, -0.2) is 24.9 Å². The van der Waals surface area contributed by atoms with Crippen molar-refractivity contribution in [2.75, 3.05) is 19.8 Å². The van der Waals surface area contributed by atoms with E-state index in [0.29, 0.717) is 12.5 Å². The summed E-state index contributed by atoms with van der Waals surface area (Å²) in [6.45, 7) is 8.31. The van der Waals surface area contributed by atoms with Crippen LogP contribution in [0, 0.1) is 11.8 Å². The molecular weight excluding hydrogens is 164 g/mol. The van der Waals surface area contributed by atoms with Gasteiger partial charge in [-0.05, 0) is 31.1 Å². The third-order valence-electron chi connectivity index (χ3n) is 2.00. The van der Waals surface area contributed by atoms with Crippen LogP contribution in [0.3, 0.4) is 0 Å². The molecule has 1 N–H and O–H groups in total. The van der Waals surface area contributed by atoms with Crippen LogP contribution in [0.2, 0.25) is 0 Å². The number of aliphatic hydroxyl groups is 1. The quantitative estimate of drug-likeness (QED) is 0.591. The van der Waals surface area contributed by atoms with Crippen LogP contribution in [0.1, 0.15) is 40.0 Å². The van der Waals surface area contributed by atoms with Crippen molar-refractivity contribution >= 4 is 0 Å². The molecule has 0 aromatic heterocycles. The fraction of sp³-hybridized carbons (Fsp3) is 0.909. The van der Waals surface area contributed by atoms with Gasteiger partial charge in [0.2, 0.25) is 0 Å². The molecule has 0 aromatic carbocycles. The van der Waals surface area contributed by atoms with Crippen molar-refractivity contribution < 1.29 is 9.84 Å². The number of ether oxygens (including phenoxy) is 1. The lowest BCUT2D eigenvalue weighted by molar-refractivity contribution is 0.129. The van der Waals surface area contributed by atoms with Crippen LogP contribution in [0.25, 0.3) is 0 Å². The summed E-state index contributed by atoms with van der Waals surface area (Å²) in [5.41, 5.74) is 0. The Labute approximate surface area is 82.3 Å². The minimum atomic E-state index is 0.313. The summed E-state index contributed by atoms with van der Waals surface area (Å²) in [4.78, 5) is 0. The summed E-state index contributed by atoms with van der Waals surface area (Å²) in [5, 5.41) is 8.62. The van der Waals surface area contributed by atoms with Gasteiger partial charge >= 0.3 is 0 Å². The van der Waals surface area contributed by atoms with E-state index in [-0.39, 0.29) is 0 Å². The lowest BCUT2D eigenvalue weighted by atomic mass is 10.0. The Morgan fingerprint density at radius 2 is 2.00 bits per heavy atom. The smallest absolute Gasteiger partial charge is 0.0523 e. The van der Waals surface area contributed by atoms with Crippen LogP contribution >= 0.6 is 0 Å². The van der Waals surface area contributed by atoms with E-state index in [1.54, 1.807) is 0 Å². The number of hydrogen-bond donors (Lipinski definition) is 1. The first-order valence-electron chi connectivity index (χ1n) is 5.14. The lowest BCUT2D eigenvalue weighted by Crippen LogP contribution is -2.06. The molecule has 0 saturated carbocycles. The molecule has 0 amide bonds. The Bertz CT molecular complexity index is 102. The molecule has 0 saturated heterocycles. The molecule has 0 aliphatic rings. The Balaban J connectivity index is 3.12. The van der Waals surface area contributed by atoms with E-state index in [1.807, 2.05) is 0 Å². The highest BCUT2D eigenvalue weighted by atomic mass is 16.5. The van der Waals surface area contributed by atoms with Crippen molar-refractivity contribution in [1.29, 1.82) is 0 Å². The maximum atomic E-state index is 8.62. The molecule has 0 spiro atoms. The van der Waals surface area contributed by atoms with Gasteiger partial charge in [0.05, 0.1) is 6.61 Å². The zero-order valence-corrected chi connectivity index (χ0v) is 9.18. The van der Waals surface area contributed by atoms with E-state index in [1.165, 1.54) is 5.92 Å². The van der Waals surface area contributed by atoms with Gasteiger partial charge < -0.3 is 9.84 Å². The molecule has 2 nitrogen and oxygen atoms in total. The van der Waals surface area contributed by atoms with E-state index < -0.39 is 0 Å². The van der Waals surface area contributed by atoms with Gasteiger partial charge in [-0.25, -0.2) is 0 Å². The Kier molecular flexibility index (Phi) is 8.46. The molecule has 0 aliphatic heterocycles. The zero-order chi connectivity index (χ0) is 10.1. The van der Waals surface area contributed by atoms with Crippen molar-refractivity contribution in [3.05, 3.63) is 5.92 Å². The second-order valence-corrected chi connectivity index (χ2v) is 4.02. The molecule has 1 atom stereocenters. The number of hydrogen-bond acceptors (Lipinski definition) is 2. The minimum Gasteiger partial charge on any atom is -0.396 e. The van der Waals surface area contributed by atoms with Gasteiger partial charge in [0.1, 0.15) is 0 Å². The summed E-state index contributed by atoms with van der Waals surface area (Å²) < 4.78 is 5.45. The highest BCUT2D eigenvalue weighted by Crippen LogP contribution is 2.10. The van der Waals surface area contributed by atoms with Gasteiger partial charge in [0.15, 0.2) is 0 Å². The minimum absolute atomic E-state index is 0.313. The average molecular weight is 187 g/mol. The second-order valence-electron chi connectivity index (χ2n) is 4.02. The highest BCUT2D eigenvalue weighted by molar-refractivity contribution is 4.75. The van der Waals surface area contributed by atoms with Gasteiger partial charge in [-0.1, -0.05) is 20.8 Å². The molecule has 0 unspecified atom stereocenters. The second kappa shape index (κ2) is 8.52. The SMILES string of the molecule is C[C](C)COCC[C@@H](C)CCCO.